The second kappa shape index (κ2) is 7.53. The average molecular weight is 416 g/mol. The lowest BCUT2D eigenvalue weighted by atomic mass is 10.0. The summed E-state index contributed by atoms with van der Waals surface area (Å²) in [6.45, 7) is 0.790. The van der Waals surface area contributed by atoms with Gasteiger partial charge < -0.3 is 14.0 Å². The maximum atomic E-state index is 13.5. The summed E-state index contributed by atoms with van der Waals surface area (Å²) < 4.78 is 54.7. The highest BCUT2D eigenvalue weighted by Crippen LogP contribution is 2.41. The fraction of sp³-hybridized carbons (Fsp3) is 0.238. The van der Waals surface area contributed by atoms with Crippen LogP contribution in [-0.2, 0) is 16.6 Å². The fourth-order valence-electron chi connectivity index (χ4n) is 3.73. The number of ether oxygens (including phenoxy) is 2. The Bertz CT molecular complexity index is 1130. The Morgan fingerprint density at radius 1 is 1.00 bits per heavy atom. The van der Waals surface area contributed by atoms with Crippen LogP contribution < -0.4 is 9.47 Å². The molecule has 0 spiro atoms. The van der Waals surface area contributed by atoms with Gasteiger partial charge in [0.25, 0.3) is 0 Å². The van der Waals surface area contributed by atoms with Gasteiger partial charge in [0.2, 0.25) is 10.0 Å². The van der Waals surface area contributed by atoms with Crippen LogP contribution in [-0.4, -0.2) is 38.1 Å². The number of rotatable bonds is 5. The topological polar surface area (TPSA) is 60.8 Å². The zero-order valence-electron chi connectivity index (χ0n) is 16.1. The van der Waals surface area contributed by atoms with Gasteiger partial charge >= 0.3 is 0 Å². The molecule has 6 nitrogen and oxygen atoms in total. The highest BCUT2D eigenvalue weighted by atomic mass is 32.2. The monoisotopic (exact) mass is 416 g/mol. The van der Waals surface area contributed by atoms with Crippen molar-refractivity contribution in [3.8, 4) is 11.5 Å². The molecule has 2 aromatic carbocycles. The first-order chi connectivity index (χ1) is 14.0. The van der Waals surface area contributed by atoms with Gasteiger partial charge in [0.15, 0.2) is 0 Å². The smallest absolute Gasteiger partial charge is 0.244 e. The Morgan fingerprint density at radius 2 is 1.76 bits per heavy atom. The largest absolute Gasteiger partial charge is 0.497 e. The molecule has 0 saturated heterocycles. The van der Waals surface area contributed by atoms with E-state index in [0.29, 0.717) is 23.6 Å². The van der Waals surface area contributed by atoms with Gasteiger partial charge in [-0.05, 0) is 54.6 Å². The van der Waals surface area contributed by atoms with Crippen LogP contribution >= 0.6 is 0 Å². The second-order valence-corrected chi connectivity index (χ2v) is 8.60. The van der Waals surface area contributed by atoms with E-state index in [9.17, 15) is 12.8 Å². The van der Waals surface area contributed by atoms with E-state index in [-0.39, 0.29) is 11.4 Å². The first kappa shape index (κ1) is 19.5. The summed E-state index contributed by atoms with van der Waals surface area (Å²) in [5.74, 6) is 0.677. The minimum Gasteiger partial charge on any atom is -0.497 e. The normalized spacial score (nSPS) is 17.0. The van der Waals surface area contributed by atoms with Crippen molar-refractivity contribution < 1.29 is 22.3 Å². The van der Waals surface area contributed by atoms with Crippen LogP contribution in [0.5, 0.6) is 11.5 Å². The minimum absolute atomic E-state index is 0.0470. The van der Waals surface area contributed by atoms with Gasteiger partial charge in [-0.2, -0.15) is 4.31 Å². The Kier molecular flexibility index (Phi) is 5.06. The molecule has 0 bridgehead atoms. The van der Waals surface area contributed by atoms with Crippen molar-refractivity contribution in [3.05, 3.63) is 77.9 Å². The van der Waals surface area contributed by atoms with E-state index in [4.69, 9.17) is 9.47 Å². The predicted molar refractivity (Wildman–Crippen MR) is 106 cm³/mol. The number of fused-ring (bicyclic) bond motifs is 1. The van der Waals surface area contributed by atoms with E-state index in [1.165, 1.54) is 16.4 Å². The molecule has 4 rings (SSSR count). The second-order valence-electron chi connectivity index (χ2n) is 6.71. The quantitative estimate of drug-likeness (QED) is 0.639. The van der Waals surface area contributed by atoms with Crippen molar-refractivity contribution in [1.29, 1.82) is 0 Å². The maximum Gasteiger partial charge on any atom is 0.244 e. The Hall–Kier alpha value is -2.84. The lowest BCUT2D eigenvalue weighted by Gasteiger charge is -2.37. The molecule has 152 valence electrons. The van der Waals surface area contributed by atoms with Crippen molar-refractivity contribution in [2.45, 2.75) is 17.5 Å². The molecule has 0 fully saturated rings. The van der Waals surface area contributed by atoms with E-state index in [1.807, 2.05) is 22.9 Å². The number of hydrogen-bond acceptors (Lipinski definition) is 4. The minimum atomic E-state index is -3.88. The molecule has 0 unspecified atom stereocenters. The van der Waals surface area contributed by atoms with Crippen LogP contribution in [0.15, 0.2) is 65.7 Å². The number of hydrogen-bond donors (Lipinski definition) is 0. The summed E-state index contributed by atoms with van der Waals surface area (Å²) in [5.41, 5.74) is 1.51. The number of sulfonamides is 1. The summed E-state index contributed by atoms with van der Waals surface area (Å²) in [4.78, 5) is 0.0470. The zero-order valence-corrected chi connectivity index (χ0v) is 16.9. The van der Waals surface area contributed by atoms with Crippen molar-refractivity contribution in [2.75, 3.05) is 20.8 Å². The van der Waals surface area contributed by atoms with E-state index >= 15 is 0 Å². The van der Waals surface area contributed by atoms with Crippen molar-refractivity contribution in [2.24, 2.45) is 0 Å². The van der Waals surface area contributed by atoms with Crippen LogP contribution in [0.1, 0.15) is 17.3 Å². The molecular weight excluding hydrogens is 395 g/mol. The Morgan fingerprint density at radius 3 is 2.45 bits per heavy atom. The fourth-order valence-corrected chi connectivity index (χ4v) is 5.30. The van der Waals surface area contributed by atoms with Gasteiger partial charge in [-0.1, -0.05) is 0 Å². The molecule has 29 heavy (non-hydrogen) atoms. The summed E-state index contributed by atoms with van der Waals surface area (Å²) in [5, 5.41) is 0. The molecule has 2 heterocycles. The number of methoxy groups -OCH3 is 2. The number of aromatic nitrogens is 1. The first-order valence-electron chi connectivity index (χ1n) is 9.10. The van der Waals surface area contributed by atoms with E-state index in [2.05, 4.69) is 0 Å². The Balaban J connectivity index is 1.90. The zero-order chi connectivity index (χ0) is 20.6. The van der Waals surface area contributed by atoms with Gasteiger partial charge in [0.05, 0.1) is 25.2 Å². The van der Waals surface area contributed by atoms with E-state index < -0.39 is 21.9 Å². The van der Waals surface area contributed by atoms with Crippen molar-refractivity contribution in [1.82, 2.24) is 8.87 Å². The van der Waals surface area contributed by atoms with Crippen molar-refractivity contribution in [3.63, 3.8) is 0 Å². The molecule has 1 aliphatic heterocycles. The summed E-state index contributed by atoms with van der Waals surface area (Å²) >= 11 is 0. The molecular formula is C21H21FN2O4S. The molecule has 1 atom stereocenters. The molecule has 0 amide bonds. The predicted octanol–water partition coefficient (Wildman–Crippen LogP) is 3.44. The van der Waals surface area contributed by atoms with Gasteiger partial charge in [0, 0.05) is 30.5 Å². The molecule has 1 aliphatic rings. The maximum absolute atomic E-state index is 13.5. The van der Waals surface area contributed by atoms with Gasteiger partial charge in [-0.3, -0.25) is 0 Å². The molecule has 3 aromatic rings. The highest BCUT2D eigenvalue weighted by molar-refractivity contribution is 7.89. The molecule has 0 radical (unpaired) electrons. The molecule has 0 saturated carbocycles. The SMILES string of the molecule is COc1ccc(OC)c([C@@H]2c3cccn3CCN2S(=O)(=O)c2ccc(F)cc2)c1. The third-order valence-corrected chi connectivity index (χ3v) is 7.02. The highest BCUT2D eigenvalue weighted by Gasteiger charge is 2.39. The molecule has 1 aromatic heterocycles. The summed E-state index contributed by atoms with van der Waals surface area (Å²) in [6, 6.07) is 13.4. The summed E-state index contributed by atoms with van der Waals surface area (Å²) in [7, 11) is -0.779. The Labute approximate surface area is 169 Å². The molecule has 0 N–H and O–H groups in total. The van der Waals surface area contributed by atoms with Gasteiger partial charge in [0.1, 0.15) is 17.3 Å². The van der Waals surface area contributed by atoms with Gasteiger partial charge in [-0.15, -0.1) is 0 Å². The number of nitrogens with zero attached hydrogens (tertiary/aromatic N) is 2. The van der Waals surface area contributed by atoms with Crippen LogP contribution in [0.4, 0.5) is 4.39 Å². The van der Waals surface area contributed by atoms with E-state index in [0.717, 1.165) is 17.8 Å². The standard InChI is InChI=1S/C21H21FN2O4S/c1-27-16-7-10-20(28-2)18(14-16)21-19-4-3-11-23(19)12-13-24(21)29(25,26)17-8-5-15(22)6-9-17/h3-11,14,21H,12-13H2,1-2H3/t21-/m1/s1. The van der Waals surface area contributed by atoms with Crippen LogP contribution in [0.2, 0.25) is 0 Å². The third-order valence-electron chi connectivity index (χ3n) is 5.15. The van der Waals surface area contributed by atoms with Gasteiger partial charge in [-0.25, -0.2) is 12.8 Å². The number of halogens is 1. The van der Waals surface area contributed by atoms with E-state index in [1.54, 1.807) is 32.4 Å². The number of benzene rings is 2. The molecule has 0 aliphatic carbocycles. The first-order valence-corrected chi connectivity index (χ1v) is 10.5. The van der Waals surface area contributed by atoms with Crippen molar-refractivity contribution >= 4 is 10.0 Å². The lowest BCUT2D eigenvalue weighted by Crippen LogP contribution is -2.42. The lowest BCUT2D eigenvalue weighted by molar-refractivity contribution is 0.289. The third kappa shape index (κ3) is 3.38. The molecule has 8 heteroatoms. The van der Waals surface area contributed by atoms with Crippen LogP contribution in [0, 0.1) is 5.82 Å². The average Bonchev–Trinajstić information content (AvgIpc) is 3.21. The van der Waals surface area contributed by atoms with Crippen LogP contribution in [0.3, 0.4) is 0 Å². The van der Waals surface area contributed by atoms with Crippen LogP contribution in [0.25, 0.3) is 0 Å². The summed E-state index contributed by atoms with van der Waals surface area (Å²) in [6.07, 6.45) is 1.93.